The minimum Gasteiger partial charge on any atom is -0.444 e. The number of ether oxygens (including phenoxy) is 1. The van der Waals surface area contributed by atoms with E-state index in [-0.39, 0.29) is 12.7 Å². The number of amides is 1. The van der Waals surface area contributed by atoms with Gasteiger partial charge >= 0.3 is 6.09 Å². The molecule has 0 spiro atoms. The van der Waals surface area contributed by atoms with E-state index in [4.69, 9.17) is 31.4 Å². The third-order valence-corrected chi connectivity index (χ3v) is 9.59. The maximum absolute atomic E-state index is 12.7. The molecule has 3 aromatic heterocycles. The molecule has 8 nitrogen and oxygen atoms in total. The standard InChI is InChI=1S/C36H38ClN5O3S/c1-22-26(8-6-9-27(22)34-41-29-12-15-42(21-31(29)46-34)35(44)45-36(2,3)4)28-10-5-7-24(32(28)37)18-30-33-25(11-13-39-30)17-23(20-40-33)19-38-14-16-43/h5-11,13,17,20,38,43H,12,14-16,18-19,21H2,1-4H3. The zero-order chi connectivity index (χ0) is 32.4. The summed E-state index contributed by atoms with van der Waals surface area (Å²) in [5, 5.41) is 14.9. The van der Waals surface area contributed by atoms with Crippen LogP contribution in [0.25, 0.3) is 32.6 Å². The number of nitrogens with one attached hydrogen (secondary N) is 1. The Morgan fingerprint density at radius 2 is 1.89 bits per heavy atom. The molecular formula is C36H38ClN5O3S. The molecule has 5 aromatic rings. The fourth-order valence-electron chi connectivity index (χ4n) is 5.76. The van der Waals surface area contributed by atoms with Crippen LogP contribution in [0.5, 0.6) is 0 Å². The lowest BCUT2D eigenvalue weighted by atomic mass is 9.94. The number of nitrogens with zero attached hydrogens (tertiary/aromatic N) is 4. The van der Waals surface area contributed by atoms with Gasteiger partial charge in [-0.25, -0.2) is 9.78 Å². The van der Waals surface area contributed by atoms with E-state index < -0.39 is 5.60 Å². The minimum atomic E-state index is -0.530. The van der Waals surface area contributed by atoms with Crippen LogP contribution in [-0.2, 0) is 30.7 Å². The molecule has 10 heteroatoms. The lowest BCUT2D eigenvalue weighted by Crippen LogP contribution is -2.39. The molecule has 0 saturated heterocycles. The van der Waals surface area contributed by atoms with Crippen molar-refractivity contribution >= 4 is 39.9 Å². The van der Waals surface area contributed by atoms with E-state index in [1.54, 1.807) is 16.2 Å². The summed E-state index contributed by atoms with van der Waals surface area (Å²) in [6.45, 7) is 10.2. The van der Waals surface area contributed by atoms with Gasteiger partial charge < -0.3 is 20.1 Å². The number of rotatable bonds is 8. The Morgan fingerprint density at radius 3 is 2.70 bits per heavy atom. The number of aliphatic hydroxyl groups is 1. The fraction of sp³-hybridized carbons (Fsp3) is 0.333. The highest BCUT2D eigenvalue weighted by molar-refractivity contribution is 7.15. The van der Waals surface area contributed by atoms with E-state index in [0.717, 1.165) is 65.6 Å². The number of carbonyl (C=O) groups is 1. The third kappa shape index (κ3) is 6.93. The zero-order valence-corrected chi connectivity index (χ0v) is 28.1. The molecule has 0 bridgehead atoms. The number of benzene rings is 2. The van der Waals surface area contributed by atoms with E-state index >= 15 is 0 Å². The van der Waals surface area contributed by atoms with Gasteiger partial charge in [-0.05, 0) is 62.1 Å². The van der Waals surface area contributed by atoms with Gasteiger partial charge in [-0.3, -0.25) is 9.97 Å². The number of aromatic nitrogens is 3. The van der Waals surface area contributed by atoms with Gasteiger partial charge in [0, 0.05) is 66.3 Å². The Labute approximate surface area is 278 Å². The van der Waals surface area contributed by atoms with Crippen molar-refractivity contribution < 1.29 is 14.6 Å². The molecule has 0 radical (unpaired) electrons. The van der Waals surface area contributed by atoms with Crippen molar-refractivity contribution in [3.05, 3.63) is 98.9 Å². The average molecular weight is 656 g/mol. The van der Waals surface area contributed by atoms with Gasteiger partial charge in [-0.1, -0.05) is 48.0 Å². The largest absolute Gasteiger partial charge is 0.444 e. The molecule has 238 valence electrons. The van der Waals surface area contributed by atoms with E-state index in [1.165, 1.54) is 0 Å². The van der Waals surface area contributed by atoms with Gasteiger partial charge in [-0.15, -0.1) is 11.3 Å². The first-order valence-electron chi connectivity index (χ1n) is 15.5. The highest BCUT2D eigenvalue weighted by atomic mass is 35.5. The molecule has 2 aromatic carbocycles. The van der Waals surface area contributed by atoms with Gasteiger partial charge in [0.2, 0.25) is 0 Å². The molecule has 6 rings (SSSR count). The summed E-state index contributed by atoms with van der Waals surface area (Å²) in [6.07, 6.45) is 4.64. The number of carbonyl (C=O) groups excluding carboxylic acids is 1. The lowest BCUT2D eigenvalue weighted by Gasteiger charge is -2.29. The van der Waals surface area contributed by atoms with Crippen LogP contribution in [0.15, 0.2) is 60.9 Å². The quantitative estimate of drug-likeness (QED) is 0.169. The van der Waals surface area contributed by atoms with Crippen LogP contribution < -0.4 is 5.32 Å². The second-order valence-corrected chi connectivity index (χ2v) is 14.0. The van der Waals surface area contributed by atoms with E-state index in [0.29, 0.717) is 44.0 Å². The third-order valence-electron chi connectivity index (χ3n) is 8.02. The lowest BCUT2D eigenvalue weighted by molar-refractivity contribution is 0.0225. The average Bonchev–Trinajstić information content (AvgIpc) is 3.45. The van der Waals surface area contributed by atoms with Crippen LogP contribution >= 0.6 is 22.9 Å². The van der Waals surface area contributed by atoms with Gasteiger partial charge in [0.25, 0.3) is 0 Å². The topological polar surface area (TPSA) is 100 Å². The fourth-order valence-corrected chi connectivity index (χ4v) is 7.26. The number of hydrogen-bond donors (Lipinski definition) is 2. The van der Waals surface area contributed by atoms with Crippen LogP contribution in [-0.4, -0.2) is 56.3 Å². The number of pyridine rings is 2. The second kappa shape index (κ2) is 13.5. The van der Waals surface area contributed by atoms with Crippen molar-refractivity contribution in [2.75, 3.05) is 19.7 Å². The summed E-state index contributed by atoms with van der Waals surface area (Å²) in [4.78, 5) is 30.0. The van der Waals surface area contributed by atoms with Crippen LogP contribution in [0.2, 0.25) is 5.02 Å². The second-order valence-electron chi connectivity index (χ2n) is 12.5. The molecule has 0 unspecified atom stereocenters. The van der Waals surface area contributed by atoms with Crippen molar-refractivity contribution in [2.45, 2.75) is 59.2 Å². The van der Waals surface area contributed by atoms with Crippen LogP contribution in [0, 0.1) is 6.92 Å². The Morgan fingerprint density at radius 1 is 1.11 bits per heavy atom. The molecule has 1 amide bonds. The maximum atomic E-state index is 12.7. The van der Waals surface area contributed by atoms with E-state index in [9.17, 15) is 4.79 Å². The molecule has 1 aliphatic heterocycles. The first kappa shape index (κ1) is 32.1. The smallest absolute Gasteiger partial charge is 0.410 e. The number of thiazole rings is 1. The molecule has 2 N–H and O–H groups in total. The summed E-state index contributed by atoms with van der Waals surface area (Å²) < 4.78 is 5.61. The first-order chi connectivity index (χ1) is 22.1. The first-order valence-corrected chi connectivity index (χ1v) is 16.7. The predicted molar refractivity (Wildman–Crippen MR) is 184 cm³/mol. The Bertz CT molecular complexity index is 1900. The molecule has 4 heterocycles. The molecule has 0 saturated carbocycles. The van der Waals surface area contributed by atoms with E-state index in [2.05, 4.69) is 47.6 Å². The van der Waals surface area contributed by atoms with Crippen molar-refractivity contribution in [1.82, 2.24) is 25.2 Å². The SMILES string of the molecule is Cc1c(-c2nc3c(s2)CN(C(=O)OC(C)(C)C)CC3)cccc1-c1cccc(Cc2nccc3cc(CNCCO)cnc23)c1Cl. The Balaban J connectivity index is 1.26. The summed E-state index contributed by atoms with van der Waals surface area (Å²) in [5.41, 5.74) is 8.44. The monoisotopic (exact) mass is 655 g/mol. The van der Waals surface area contributed by atoms with Crippen molar-refractivity contribution in [3.8, 4) is 21.7 Å². The number of halogens is 1. The number of fused-ring (bicyclic) bond motifs is 2. The van der Waals surface area contributed by atoms with Crippen molar-refractivity contribution in [3.63, 3.8) is 0 Å². The van der Waals surface area contributed by atoms with Gasteiger partial charge in [0.15, 0.2) is 0 Å². The van der Waals surface area contributed by atoms with E-state index in [1.807, 2.05) is 51.4 Å². The Hall–Kier alpha value is -3.89. The molecule has 0 fully saturated rings. The van der Waals surface area contributed by atoms with Gasteiger partial charge in [-0.2, -0.15) is 0 Å². The minimum absolute atomic E-state index is 0.0989. The number of hydrogen-bond acceptors (Lipinski definition) is 8. The van der Waals surface area contributed by atoms with Crippen LogP contribution in [0.3, 0.4) is 0 Å². The molecular weight excluding hydrogens is 618 g/mol. The maximum Gasteiger partial charge on any atom is 0.410 e. The molecule has 0 atom stereocenters. The Kier molecular flexibility index (Phi) is 9.38. The van der Waals surface area contributed by atoms with Crippen molar-refractivity contribution in [1.29, 1.82) is 0 Å². The summed E-state index contributed by atoms with van der Waals surface area (Å²) in [5.74, 6) is 0. The molecule has 0 aliphatic carbocycles. The summed E-state index contributed by atoms with van der Waals surface area (Å²) in [7, 11) is 0. The normalized spacial score (nSPS) is 13.2. The highest BCUT2D eigenvalue weighted by Crippen LogP contribution is 2.40. The molecule has 1 aliphatic rings. The highest BCUT2D eigenvalue weighted by Gasteiger charge is 2.28. The number of aliphatic hydroxyl groups excluding tert-OH is 1. The van der Waals surface area contributed by atoms with Crippen molar-refractivity contribution in [2.24, 2.45) is 0 Å². The summed E-state index contributed by atoms with van der Waals surface area (Å²) >= 11 is 8.78. The van der Waals surface area contributed by atoms with Crippen LogP contribution in [0.1, 0.15) is 53.7 Å². The van der Waals surface area contributed by atoms with Crippen LogP contribution in [0.4, 0.5) is 4.79 Å². The zero-order valence-electron chi connectivity index (χ0n) is 26.6. The van der Waals surface area contributed by atoms with Gasteiger partial charge in [0.05, 0.1) is 35.1 Å². The molecule has 46 heavy (non-hydrogen) atoms. The predicted octanol–water partition coefficient (Wildman–Crippen LogP) is 7.35. The summed E-state index contributed by atoms with van der Waals surface area (Å²) in [6, 6.07) is 16.5. The van der Waals surface area contributed by atoms with Gasteiger partial charge in [0.1, 0.15) is 10.6 Å².